The Morgan fingerprint density at radius 1 is 1.41 bits per heavy atom. The molecule has 0 unspecified atom stereocenters. The average molecular weight is 322 g/mol. The summed E-state index contributed by atoms with van der Waals surface area (Å²) in [6.45, 7) is 5.63. The molecule has 122 valence electrons. The number of nitrogens with one attached hydrogen (secondary N) is 1. The van der Waals surface area contributed by atoms with E-state index in [1.54, 1.807) is 0 Å². The molecular formula is C16H26N4OS. The van der Waals surface area contributed by atoms with Crippen molar-refractivity contribution in [2.45, 2.75) is 39.2 Å². The van der Waals surface area contributed by atoms with Gasteiger partial charge in [-0.25, -0.2) is 4.98 Å². The first-order chi connectivity index (χ1) is 10.6. The number of thiazole rings is 1. The highest BCUT2D eigenvalue weighted by Crippen LogP contribution is 2.27. The Bertz CT molecular complexity index is 527. The molecule has 6 heteroatoms. The van der Waals surface area contributed by atoms with Crippen LogP contribution in [0, 0.1) is 5.41 Å². The molecule has 0 amide bonds. The molecule has 0 bridgehead atoms. The summed E-state index contributed by atoms with van der Waals surface area (Å²) in [5.74, 6) is 0.932. The third-order valence-electron chi connectivity index (χ3n) is 4.41. The normalized spacial score (nSPS) is 20.2. The van der Waals surface area contributed by atoms with Crippen LogP contribution in [-0.4, -0.2) is 49.7 Å². The van der Waals surface area contributed by atoms with Gasteiger partial charge in [-0.05, 0) is 25.7 Å². The van der Waals surface area contributed by atoms with E-state index in [1.165, 1.54) is 34.8 Å². The maximum absolute atomic E-state index is 5.30. The lowest BCUT2D eigenvalue weighted by molar-refractivity contribution is -0.0972. The summed E-state index contributed by atoms with van der Waals surface area (Å²) in [5, 5.41) is 4.67. The van der Waals surface area contributed by atoms with Gasteiger partial charge in [0.25, 0.3) is 0 Å². The van der Waals surface area contributed by atoms with Crippen molar-refractivity contribution >= 4 is 17.3 Å². The number of nitrogens with zero attached hydrogens (tertiary/aromatic N) is 3. The number of fused-ring (bicyclic) bond motifs is 1. The van der Waals surface area contributed by atoms with Gasteiger partial charge in [0.1, 0.15) is 5.01 Å². The Balaban J connectivity index is 1.57. The molecule has 5 nitrogen and oxygen atoms in total. The molecule has 1 aromatic rings. The van der Waals surface area contributed by atoms with Crippen molar-refractivity contribution in [1.82, 2.24) is 15.2 Å². The first kappa shape index (κ1) is 15.7. The predicted molar refractivity (Wildman–Crippen MR) is 90.5 cm³/mol. The second-order valence-electron chi connectivity index (χ2n) is 6.74. The van der Waals surface area contributed by atoms with E-state index in [0.29, 0.717) is 0 Å². The first-order valence-corrected chi connectivity index (χ1v) is 8.88. The van der Waals surface area contributed by atoms with Gasteiger partial charge in [0.15, 0.2) is 5.96 Å². The van der Waals surface area contributed by atoms with Gasteiger partial charge >= 0.3 is 0 Å². The van der Waals surface area contributed by atoms with E-state index in [0.717, 1.165) is 38.7 Å². The fraction of sp³-hybridized carbons (Fsp3) is 0.750. The van der Waals surface area contributed by atoms with Crippen LogP contribution in [0.15, 0.2) is 4.99 Å². The Kier molecular flexibility index (Phi) is 4.68. The van der Waals surface area contributed by atoms with E-state index in [4.69, 9.17) is 9.72 Å². The van der Waals surface area contributed by atoms with Crippen molar-refractivity contribution in [2.75, 3.05) is 33.9 Å². The van der Waals surface area contributed by atoms with Gasteiger partial charge in [0, 0.05) is 30.9 Å². The third kappa shape index (κ3) is 3.43. The largest absolute Gasteiger partial charge is 0.380 e. The van der Waals surface area contributed by atoms with E-state index in [1.807, 2.05) is 18.4 Å². The zero-order valence-corrected chi connectivity index (χ0v) is 14.6. The quantitative estimate of drug-likeness (QED) is 0.681. The van der Waals surface area contributed by atoms with Crippen molar-refractivity contribution in [2.24, 2.45) is 10.4 Å². The lowest BCUT2D eigenvalue weighted by atomic mass is 9.89. The summed E-state index contributed by atoms with van der Waals surface area (Å²) in [6, 6.07) is 0. The molecule has 22 heavy (non-hydrogen) atoms. The Morgan fingerprint density at radius 3 is 2.82 bits per heavy atom. The number of ether oxygens (including phenoxy) is 1. The van der Waals surface area contributed by atoms with E-state index >= 15 is 0 Å². The average Bonchev–Trinajstić information content (AvgIpc) is 2.88. The van der Waals surface area contributed by atoms with Gasteiger partial charge < -0.3 is 15.0 Å². The van der Waals surface area contributed by atoms with Crippen molar-refractivity contribution < 1.29 is 4.74 Å². The molecule has 0 aromatic carbocycles. The van der Waals surface area contributed by atoms with Crippen molar-refractivity contribution in [3.8, 4) is 0 Å². The van der Waals surface area contributed by atoms with Crippen molar-refractivity contribution in [1.29, 1.82) is 0 Å². The predicted octanol–water partition coefficient (Wildman–Crippen LogP) is 2.07. The van der Waals surface area contributed by atoms with Crippen molar-refractivity contribution in [3.63, 3.8) is 0 Å². The van der Waals surface area contributed by atoms with Crippen LogP contribution in [-0.2, 0) is 24.1 Å². The van der Waals surface area contributed by atoms with Gasteiger partial charge in [-0.2, -0.15) is 0 Å². The molecule has 2 heterocycles. The van der Waals surface area contributed by atoms with Gasteiger partial charge in [0.05, 0.1) is 25.5 Å². The highest BCUT2D eigenvalue weighted by Gasteiger charge is 2.33. The van der Waals surface area contributed by atoms with E-state index < -0.39 is 0 Å². The van der Waals surface area contributed by atoms with Crippen LogP contribution in [0.2, 0.25) is 0 Å². The molecule has 0 radical (unpaired) electrons. The summed E-state index contributed by atoms with van der Waals surface area (Å²) >= 11 is 1.88. The van der Waals surface area contributed by atoms with Gasteiger partial charge in [0.2, 0.25) is 0 Å². The molecule has 1 aliphatic heterocycles. The zero-order valence-electron chi connectivity index (χ0n) is 13.8. The Morgan fingerprint density at radius 2 is 2.18 bits per heavy atom. The van der Waals surface area contributed by atoms with Crippen LogP contribution in [0.3, 0.4) is 0 Å². The molecule has 0 atom stereocenters. The second kappa shape index (κ2) is 6.54. The minimum atomic E-state index is 0.247. The highest BCUT2D eigenvalue weighted by atomic mass is 32.1. The molecule has 1 saturated heterocycles. The number of aliphatic imine (C=N–C) groups is 1. The number of guanidine groups is 1. The van der Waals surface area contributed by atoms with E-state index in [9.17, 15) is 0 Å². The first-order valence-electron chi connectivity index (χ1n) is 8.07. The standard InChI is InChI=1S/C16H26N4OS/c1-16(10-21-11-16)9-18-15(17-2)20(3)8-14-19-12-6-4-5-7-13(12)22-14/h4-11H2,1-3H3,(H,17,18). The number of rotatable bonds is 4. The number of hydrogen-bond donors (Lipinski definition) is 1. The van der Waals surface area contributed by atoms with Crippen LogP contribution in [0.1, 0.15) is 35.3 Å². The van der Waals surface area contributed by atoms with Crippen LogP contribution >= 0.6 is 11.3 Å². The maximum Gasteiger partial charge on any atom is 0.193 e. The topological polar surface area (TPSA) is 49.8 Å². The van der Waals surface area contributed by atoms with Crippen LogP contribution in [0.5, 0.6) is 0 Å². The van der Waals surface area contributed by atoms with E-state index in [2.05, 4.69) is 29.2 Å². The Hall–Kier alpha value is -1.14. The maximum atomic E-state index is 5.30. The molecule has 1 aromatic heterocycles. The number of hydrogen-bond acceptors (Lipinski definition) is 4. The molecule has 3 rings (SSSR count). The van der Waals surface area contributed by atoms with Crippen LogP contribution in [0.4, 0.5) is 0 Å². The SMILES string of the molecule is CN=C(NCC1(C)COC1)N(C)Cc1nc2c(s1)CCCC2. The minimum absolute atomic E-state index is 0.247. The monoisotopic (exact) mass is 322 g/mol. The smallest absolute Gasteiger partial charge is 0.193 e. The molecular weight excluding hydrogens is 296 g/mol. The minimum Gasteiger partial charge on any atom is -0.380 e. The molecule has 2 aliphatic rings. The zero-order chi connectivity index (χ0) is 15.6. The fourth-order valence-corrected chi connectivity index (χ4v) is 4.19. The second-order valence-corrected chi connectivity index (χ2v) is 7.91. The number of aromatic nitrogens is 1. The molecule has 1 fully saturated rings. The van der Waals surface area contributed by atoms with Crippen LogP contribution < -0.4 is 5.32 Å². The number of aryl methyl sites for hydroxylation is 2. The summed E-state index contributed by atoms with van der Waals surface area (Å²) in [7, 11) is 3.92. The van der Waals surface area contributed by atoms with E-state index in [-0.39, 0.29) is 5.41 Å². The lowest BCUT2D eigenvalue weighted by Crippen LogP contribution is -2.51. The summed E-state index contributed by atoms with van der Waals surface area (Å²) in [5.41, 5.74) is 1.58. The Labute approximate surface area is 136 Å². The molecule has 0 spiro atoms. The molecule has 0 saturated carbocycles. The van der Waals surface area contributed by atoms with Gasteiger partial charge in [-0.3, -0.25) is 4.99 Å². The van der Waals surface area contributed by atoms with Gasteiger partial charge in [-0.15, -0.1) is 11.3 Å². The summed E-state index contributed by atoms with van der Waals surface area (Å²) in [4.78, 5) is 12.9. The third-order valence-corrected chi connectivity index (χ3v) is 5.55. The summed E-state index contributed by atoms with van der Waals surface area (Å²) in [6.07, 6.45) is 4.97. The summed E-state index contributed by atoms with van der Waals surface area (Å²) < 4.78 is 5.30. The van der Waals surface area contributed by atoms with Crippen LogP contribution in [0.25, 0.3) is 0 Å². The van der Waals surface area contributed by atoms with Gasteiger partial charge in [-0.1, -0.05) is 6.92 Å². The molecule has 1 aliphatic carbocycles. The highest BCUT2D eigenvalue weighted by molar-refractivity contribution is 7.11. The lowest BCUT2D eigenvalue weighted by Gasteiger charge is -2.39. The fourth-order valence-electron chi connectivity index (χ4n) is 2.98. The molecule has 1 N–H and O–H groups in total. The van der Waals surface area contributed by atoms with Crippen molar-refractivity contribution in [3.05, 3.63) is 15.6 Å².